The number of ether oxygens (including phenoxy) is 2. The normalized spacial score (nSPS) is 14.0. The molecule has 1 fully saturated rings. The quantitative estimate of drug-likeness (QED) is 0.562. The maximum Gasteiger partial charge on any atom is 0.410 e. The van der Waals surface area contributed by atoms with Crippen LogP contribution in [0.2, 0.25) is 0 Å². The van der Waals surface area contributed by atoms with E-state index >= 15 is 0 Å². The van der Waals surface area contributed by atoms with Gasteiger partial charge in [0.2, 0.25) is 0 Å². The van der Waals surface area contributed by atoms with E-state index in [-0.39, 0.29) is 12.1 Å². The van der Waals surface area contributed by atoms with E-state index in [0.29, 0.717) is 13.2 Å². The van der Waals surface area contributed by atoms with Crippen molar-refractivity contribution >= 4 is 12.2 Å². The second kappa shape index (κ2) is 9.17. The van der Waals surface area contributed by atoms with Gasteiger partial charge < -0.3 is 14.4 Å². The summed E-state index contributed by atoms with van der Waals surface area (Å²) in [6, 6.07) is 16.4. The van der Waals surface area contributed by atoms with Crippen molar-refractivity contribution in [1.82, 2.24) is 4.90 Å². The number of carbonyl (C=O) groups excluding carboxylic acids is 1. The average molecular weight is 394 g/mol. The Morgan fingerprint density at radius 2 is 1.86 bits per heavy atom. The van der Waals surface area contributed by atoms with Crippen LogP contribution in [0.25, 0.3) is 6.08 Å². The van der Waals surface area contributed by atoms with Gasteiger partial charge in [0.15, 0.2) is 0 Å². The third-order valence-electron chi connectivity index (χ3n) is 4.97. The Bertz CT molecular complexity index is 835. The van der Waals surface area contributed by atoms with Crippen LogP contribution in [0.3, 0.4) is 0 Å². The topological polar surface area (TPSA) is 38.8 Å². The summed E-state index contributed by atoms with van der Waals surface area (Å²) >= 11 is 0. The Morgan fingerprint density at radius 3 is 2.45 bits per heavy atom. The van der Waals surface area contributed by atoms with Crippen molar-refractivity contribution in [1.29, 1.82) is 0 Å². The monoisotopic (exact) mass is 393 g/mol. The fourth-order valence-electron chi connectivity index (χ4n) is 3.28. The largest absolute Gasteiger partial charge is 0.489 e. The van der Waals surface area contributed by atoms with Crippen molar-refractivity contribution in [2.75, 3.05) is 0 Å². The Morgan fingerprint density at radius 1 is 1.14 bits per heavy atom. The predicted molar refractivity (Wildman–Crippen MR) is 117 cm³/mol. The maximum atomic E-state index is 12.8. The zero-order chi connectivity index (χ0) is 20.9. The summed E-state index contributed by atoms with van der Waals surface area (Å²) in [7, 11) is 0. The first-order valence-electron chi connectivity index (χ1n) is 10.3. The van der Waals surface area contributed by atoms with Gasteiger partial charge in [0.1, 0.15) is 18.0 Å². The molecule has 1 saturated carbocycles. The minimum atomic E-state index is -0.508. The molecule has 0 radical (unpaired) electrons. The Kier molecular flexibility index (Phi) is 6.63. The van der Waals surface area contributed by atoms with E-state index < -0.39 is 5.60 Å². The average Bonchev–Trinajstić information content (AvgIpc) is 2.63. The maximum absolute atomic E-state index is 12.8. The number of benzene rings is 2. The summed E-state index contributed by atoms with van der Waals surface area (Å²) in [6.07, 6.45) is 4.76. The van der Waals surface area contributed by atoms with E-state index in [1.807, 2.05) is 68.1 Å². The Hall–Kier alpha value is -2.75. The molecule has 0 saturated heterocycles. The first-order chi connectivity index (χ1) is 13.8. The highest BCUT2D eigenvalue weighted by atomic mass is 16.6. The van der Waals surface area contributed by atoms with E-state index in [2.05, 4.69) is 12.6 Å². The smallest absolute Gasteiger partial charge is 0.410 e. The van der Waals surface area contributed by atoms with Crippen LogP contribution >= 0.6 is 0 Å². The summed E-state index contributed by atoms with van der Waals surface area (Å²) in [5, 5.41) is 0. The van der Waals surface area contributed by atoms with E-state index in [1.54, 1.807) is 6.08 Å². The molecular weight excluding hydrogens is 362 g/mol. The third kappa shape index (κ3) is 6.11. The lowest BCUT2D eigenvalue weighted by Crippen LogP contribution is -2.46. The van der Waals surface area contributed by atoms with Crippen LogP contribution in [0.5, 0.6) is 5.75 Å². The number of nitrogens with zero attached hydrogens (tertiary/aromatic N) is 1. The molecule has 2 aromatic carbocycles. The van der Waals surface area contributed by atoms with Crippen LogP contribution in [0.1, 0.15) is 56.7 Å². The molecule has 0 aliphatic heterocycles. The summed E-state index contributed by atoms with van der Waals surface area (Å²) in [4.78, 5) is 14.7. The molecule has 2 aromatic rings. The van der Waals surface area contributed by atoms with Crippen LogP contribution in [-0.4, -0.2) is 22.6 Å². The van der Waals surface area contributed by atoms with Gasteiger partial charge in [-0.15, -0.1) is 0 Å². The van der Waals surface area contributed by atoms with Gasteiger partial charge in [-0.1, -0.05) is 43.0 Å². The molecule has 1 aliphatic rings. The number of rotatable bonds is 7. The molecular formula is C25H31NO3. The molecule has 29 heavy (non-hydrogen) atoms. The van der Waals surface area contributed by atoms with Crippen LogP contribution in [0.15, 0.2) is 55.1 Å². The van der Waals surface area contributed by atoms with Gasteiger partial charge in [0.25, 0.3) is 0 Å². The Balaban J connectivity index is 1.76. The van der Waals surface area contributed by atoms with Crippen molar-refractivity contribution in [3.63, 3.8) is 0 Å². The fraction of sp³-hybridized carbons (Fsp3) is 0.400. The molecule has 4 heteroatoms. The molecule has 0 atom stereocenters. The highest BCUT2D eigenvalue weighted by Gasteiger charge is 2.32. The van der Waals surface area contributed by atoms with Crippen molar-refractivity contribution < 1.29 is 14.3 Å². The van der Waals surface area contributed by atoms with E-state index in [0.717, 1.165) is 41.7 Å². The lowest BCUT2D eigenvalue weighted by molar-refractivity contribution is 0.00459. The predicted octanol–water partition coefficient (Wildman–Crippen LogP) is 6.20. The molecule has 1 aliphatic carbocycles. The van der Waals surface area contributed by atoms with Gasteiger partial charge in [-0.2, -0.15) is 0 Å². The number of amides is 1. The molecule has 0 aromatic heterocycles. The van der Waals surface area contributed by atoms with Crippen LogP contribution < -0.4 is 4.74 Å². The molecule has 0 heterocycles. The highest BCUT2D eigenvalue weighted by Crippen LogP contribution is 2.29. The molecule has 0 unspecified atom stereocenters. The molecule has 0 N–H and O–H groups in total. The van der Waals surface area contributed by atoms with Crippen LogP contribution in [0, 0.1) is 0 Å². The summed E-state index contributed by atoms with van der Waals surface area (Å²) in [5.41, 5.74) is 2.60. The summed E-state index contributed by atoms with van der Waals surface area (Å²) in [6.45, 7) is 10.6. The molecule has 154 valence electrons. The van der Waals surface area contributed by atoms with Crippen LogP contribution in [-0.2, 0) is 17.9 Å². The first-order valence-corrected chi connectivity index (χ1v) is 10.3. The van der Waals surface area contributed by atoms with Crippen molar-refractivity contribution in [3.05, 3.63) is 71.8 Å². The second-order valence-electron chi connectivity index (χ2n) is 8.58. The van der Waals surface area contributed by atoms with Crippen molar-refractivity contribution in [2.24, 2.45) is 0 Å². The summed E-state index contributed by atoms with van der Waals surface area (Å²) < 4.78 is 11.7. The first kappa shape index (κ1) is 21.0. The van der Waals surface area contributed by atoms with Gasteiger partial charge in [0.05, 0.1) is 0 Å². The minimum absolute atomic E-state index is 0.242. The van der Waals surface area contributed by atoms with Crippen molar-refractivity contribution in [2.45, 2.75) is 64.8 Å². The van der Waals surface area contributed by atoms with E-state index in [1.165, 1.54) is 0 Å². The number of carbonyl (C=O) groups is 1. The fourth-order valence-corrected chi connectivity index (χ4v) is 3.28. The van der Waals surface area contributed by atoms with Gasteiger partial charge in [-0.25, -0.2) is 4.79 Å². The number of hydrogen-bond donors (Lipinski definition) is 0. The van der Waals surface area contributed by atoms with Crippen LogP contribution in [0.4, 0.5) is 4.79 Å². The zero-order valence-corrected chi connectivity index (χ0v) is 17.7. The summed E-state index contributed by atoms with van der Waals surface area (Å²) in [5.74, 6) is 0.777. The Labute approximate surface area is 174 Å². The van der Waals surface area contributed by atoms with Crippen molar-refractivity contribution in [3.8, 4) is 5.75 Å². The molecule has 4 nitrogen and oxygen atoms in total. The van der Waals surface area contributed by atoms with E-state index in [4.69, 9.17) is 9.47 Å². The standard InChI is InChI=1S/C25H31NO3/c1-5-19-14-21(16-23(15-19)28-18-20-10-7-6-8-11-20)17-26(22-12-9-13-22)24(27)29-25(2,3)4/h5-8,10-11,14-16,22H,1,9,12-13,17-18H2,2-4H3. The lowest BCUT2D eigenvalue weighted by Gasteiger charge is -2.38. The third-order valence-corrected chi connectivity index (χ3v) is 4.97. The SMILES string of the molecule is C=Cc1cc(CN(C(=O)OC(C)(C)C)C2CCC2)cc(OCc2ccccc2)c1. The highest BCUT2D eigenvalue weighted by molar-refractivity contribution is 5.69. The zero-order valence-electron chi connectivity index (χ0n) is 17.7. The van der Waals surface area contributed by atoms with E-state index in [9.17, 15) is 4.79 Å². The van der Waals surface area contributed by atoms with Gasteiger partial charge in [-0.3, -0.25) is 0 Å². The molecule has 3 rings (SSSR count). The van der Waals surface area contributed by atoms with Gasteiger partial charge in [-0.05, 0) is 74.9 Å². The lowest BCUT2D eigenvalue weighted by atomic mass is 9.91. The second-order valence-corrected chi connectivity index (χ2v) is 8.58. The number of hydrogen-bond acceptors (Lipinski definition) is 3. The van der Waals surface area contributed by atoms with Gasteiger partial charge in [0, 0.05) is 12.6 Å². The minimum Gasteiger partial charge on any atom is -0.489 e. The molecule has 1 amide bonds. The molecule has 0 bridgehead atoms. The van der Waals surface area contributed by atoms with Gasteiger partial charge >= 0.3 is 6.09 Å². The molecule has 0 spiro atoms.